The molecule has 0 fully saturated rings. The molecule has 21 heavy (non-hydrogen) atoms. The van der Waals surface area contributed by atoms with Gasteiger partial charge in [0.1, 0.15) is 0 Å². The number of amides is 1. The van der Waals surface area contributed by atoms with E-state index < -0.39 is 5.82 Å². The van der Waals surface area contributed by atoms with Gasteiger partial charge >= 0.3 is 0 Å². The first-order valence-electron chi connectivity index (χ1n) is 6.75. The van der Waals surface area contributed by atoms with Crippen LogP contribution < -0.4 is 10.1 Å². The van der Waals surface area contributed by atoms with E-state index in [1.54, 1.807) is 12.1 Å². The molecule has 1 aromatic carbocycles. The van der Waals surface area contributed by atoms with Gasteiger partial charge in [0.2, 0.25) is 0 Å². The lowest BCUT2D eigenvalue weighted by molar-refractivity contribution is -0.123. The number of carbonyl (C=O) groups is 1. The molecule has 0 saturated carbocycles. The SMILES string of the molecule is Cc1cc(CNC(=O)COc2ccccc2F)c(C)n1C. The summed E-state index contributed by atoms with van der Waals surface area (Å²) in [5, 5.41) is 2.77. The Morgan fingerprint density at radius 1 is 1.33 bits per heavy atom. The molecule has 0 bridgehead atoms. The van der Waals surface area contributed by atoms with Gasteiger partial charge in [-0.05, 0) is 37.6 Å². The van der Waals surface area contributed by atoms with E-state index in [1.165, 1.54) is 12.1 Å². The van der Waals surface area contributed by atoms with Crippen LogP contribution in [0.15, 0.2) is 30.3 Å². The number of halogens is 1. The Balaban J connectivity index is 1.85. The van der Waals surface area contributed by atoms with Gasteiger partial charge < -0.3 is 14.6 Å². The molecule has 2 rings (SSSR count). The summed E-state index contributed by atoms with van der Waals surface area (Å²) in [6.45, 7) is 4.25. The highest BCUT2D eigenvalue weighted by Gasteiger charge is 2.09. The van der Waals surface area contributed by atoms with Crippen LogP contribution in [-0.2, 0) is 18.4 Å². The predicted molar refractivity (Wildman–Crippen MR) is 78.6 cm³/mol. The van der Waals surface area contributed by atoms with Crippen LogP contribution in [0.1, 0.15) is 17.0 Å². The van der Waals surface area contributed by atoms with E-state index in [-0.39, 0.29) is 18.3 Å². The molecule has 0 saturated heterocycles. The highest BCUT2D eigenvalue weighted by atomic mass is 19.1. The summed E-state index contributed by atoms with van der Waals surface area (Å²) in [5.74, 6) is -0.668. The van der Waals surface area contributed by atoms with Crippen molar-refractivity contribution in [3.63, 3.8) is 0 Å². The minimum absolute atomic E-state index is 0.0828. The van der Waals surface area contributed by atoms with Crippen molar-refractivity contribution in [1.29, 1.82) is 0 Å². The fourth-order valence-corrected chi connectivity index (χ4v) is 2.06. The van der Waals surface area contributed by atoms with E-state index in [1.807, 2.05) is 27.0 Å². The van der Waals surface area contributed by atoms with E-state index >= 15 is 0 Å². The molecule has 4 nitrogen and oxygen atoms in total. The molecule has 0 aliphatic carbocycles. The number of carbonyl (C=O) groups excluding carboxylic acids is 1. The molecule has 0 unspecified atom stereocenters. The molecule has 0 aliphatic heterocycles. The summed E-state index contributed by atoms with van der Waals surface area (Å²) >= 11 is 0. The van der Waals surface area contributed by atoms with Crippen molar-refractivity contribution in [3.05, 3.63) is 53.1 Å². The number of para-hydroxylation sites is 1. The molecular formula is C16H19FN2O2. The Morgan fingerprint density at radius 2 is 2.05 bits per heavy atom. The van der Waals surface area contributed by atoms with Gasteiger partial charge in [0, 0.05) is 25.0 Å². The van der Waals surface area contributed by atoms with Crippen molar-refractivity contribution in [2.75, 3.05) is 6.61 Å². The quantitative estimate of drug-likeness (QED) is 0.919. The first kappa shape index (κ1) is 15.1. The summed E-state index contributed by atoms with van der Waals surface area (Å²) in [5.41, 5.74) is 3.32. The van der Waals surface area contributed by atoms with Crippen molar-refractivity contribution in [2.45, 2.75) is 20.4 Å². The number of benzene rings is 1. The highest BCUT2D eigenvalue weighted by molar-refractivity contribution is 5.77. The zero-order chi connectivity index (χ0) is 15.4. The summed E-state index contributed by atoms with van der Waals surface area (Å²) in [7, 11) is 1.98. The second-order valence-electron chi connectivity index (χ2n) is 4.95. The molecule has 1 heterocycles. The third kappa shape index (κ3) is 3.62. The zero-order valence-electron chi connectivity index (χ0n) is 12.4. The molecular weight excluding hydrogens is 271 g/mol. The third-order valence-corrected chi connectivity index (χ3v) is 3.55. The maximum absolute atomic E-state index is 13.3. The molecule has 0 spiro atoms. The molecule has 1 amide bonds. The van der Waals surface area contributed by atoms with Gasteiger partial charge in [-0.25, -0.2) is 4.39 Å². The van der Waals surface area contributed by atoms with Crippen LogP contribution in [0.3, 0.4) is 0 Å². The standard InChI is InChI=1S/C16H19FN2O2/c1-11-8-13(12(2)19(11)3)9-18-16(20)10-21-15-7-5-4-6-14(15)17/h4-8H,9-10H2,1-3H3,(H,18,20). The first-order chi connectivity index (χ1) is 9.99. The molecule has 5 heteroatoms. The fourth-order valence-electron chi connectivity index (χ4n) is 2.06. The van der Waals surface area contributed by atoms with Crippen LogP contribution in [-0.4, -0.2) is 17.1 Å². The smallest absolute Gasteiger partial charge is 0.258 e. The number of hydrogen-bond acceptors (Lipinski definition) is 2. The number of aromatic nitrogens is 1. The van der Waals surface area contributed by atoms with Gasteiger partial charge in [-0.3, -0.25) is 4.79 Å². The Labute approximate surface area is 123 Å². The lowest BCUT2D eigenvalue weighted by Gasteiger charge is -2.08. The van der Waals surface area contributed by atoms with Crippen LogP contribution in [0.4, 0.5) is 4.39 Å². The first-order valence-corrected chi connectivity index (χ1v) is 6.75. The Morgan fingerprint density at radius 3 is 2.67 bits per heavy atom. The van der Waals surface area contributed by atoms with Gasteiger partial charge in [0.15, 0.2) is 18.2 Å². The molecule has 0 atom stereocenters. The number of hydrogen-bond donors (Lipinski definition) is 1. The van der Waals surface area contributed by atoms with Gasteiger partial charge in [0.05, 0.1) is 0 Å². The maximum Gasteiger partial charge on any atom is 0.258 e. The van der Waals surface area contributed by atoms with Crippen LogP contribution in [0.25, 0.3) is 0 Å². The zero-order valence-corrected chi connectivity index (χ0v) is 12.4. The lowest BCUT2D eigenvalue weighted by atomic mass is 10.2. The average molecular weight is 290 g/mol. The van der Waals surface area contributed by atoms with E-state index in [2.05, 4.69) is 9.88 Å². The minimum Gasteiger partial charge on any atom is -0.481 e. The average Bonchev–Trinajstić information content (AvgIpc) is 2.71. The summed E-state index contributed by atoms with van der Waals surface area (Å²) < 4.78 is 20.6. The largest absolute Gasteiger partial charge is 0.481 e. The van der Waals surface area contributed by atoms with Crippen LogP contribution in [0.2, 0.25) is 0 Å². The molecule has 1 N–H and O–H groups in total. The van der Waals surface area contributed by atoms with Gasteiger partial charge in [-0.1, -0.05) is 12.1 Å². The molecule has 2 aromatic rings. The molecule has 1 aromatic heterocycles. The molecule has 0 aliphatic rings. The monoisotopic (exact) mass is 290 g/mol. The number of nitrogens with zero attached hydrogens (tertiary/aromatic N) is 1. The van der Waals surface area contributed by atoms with Crippen LogP contribution >= 0.6 is 0 Å². The van der Waals surface area contributed by atoms with Crippen molar-refractivity contribution in [1.82, 2.24) is 9.88 Å². The second-order valence-corrected chi connectivity index (χ2v) is 4.95. The summed E-state index contributed by atoms with van der Waals surface area (Å²) in [6.07, 6.45) is 0. The number of ether oxygens (including phenoxy) is 1. The van der Waals surface area contributed by atoms with E-state index in [9.17, 15) is 9.18 Å². The third-order valence-electron chi connectivity index (χ3n) is 3.55. The van der Waals surface area contributed by atoms with E-state index in [0.717, 1.165) is 17.0 Å². The Kier molecular flexibility index (Phi) is 4.62. The number of nitrogens with one attached hydrogen (secondary N) is 1. The normalized spacial score (nSPS) is 10.5. The topological polar surface area (TPSA) is 43.3 Å². The Bertz CT molecular complexity index is 650. The fraction of sp³-hybridized carbons (Fsp3) is 0.312. The van der Waals surface area contributed by atoms with Gasteiger partial charge in [-0.15, -0.1) is 0 Å². The lowest BCUT2D eigenvalue weighted by Crippen LogP contribution is -2.28. The van der Waals surface area contributed by atoms with E-state index in [0.29, 0.717) is 6.54 Å². The van der Waals surface area contributed by atoms with Crippen molar-refractivity contribution >= 4 is 5.91 Å². The predicted octanol–water partition coefficient (Wildman–Crippen LogP) is 2.48. The summed E-state index contributed by atoms with van der Waals surface area (Å²) in [4.78, 5) is 11.7. The minimum atomic E-state index is -0.472. The molecule has 112 valence electrons. The van der Waals surface area contributed by atoms with Crippen molar-refractivity contribution < 1.29 is 13.9 Å². The van der Waals surface area contributed by atoms with E-state index in [4.69, 9.17) is 4.74 Å². The second kappa shape index (κ2) is 6.43. The van der Waals surface area contributed by atoms with Crippen LogP contribution in [0, 0.1) is 19.7 Å². The van der Waals surface area contributed by atoms with Gasteiger partial charge in [-0.2, -0.15) is 0 Å². The van der Waals surface area contributed by atoms with Crippen molar-refractivity contribution in [2.24, 2.45) is 7.05 Å². The van der Waals surface area contributed by atoms with Crippen molar-refractivity contribution in [3.8, 4) is 5.75 Å². The highest BCUT2D eigenvalue weighted by Crippen LogP contribution is 2.15. The maximum atomic E-state index is 13.3. The number of rotatable bonds is 5. The molecule has 0 radical (unpaired) electrons. The number of aryl methyl sites for hydroxylation is 1. The summed E-state index contributed by atoms with van der Waals surface area (Å²) in [6, 6.07) is 8.05. The van der Waals surface area contributed by atoms with Gasteiger partial charge in [0.25, 0.3) is 5.91 Å². The van der Waals surface area contributed by atoms with Crippen LogP contribution in [0.5, 0.6) is 5.75 Å². The Hall–Kier alpha value is -2.30.